The normalized spacial score (nSPS) is 11.6. The van der Waals surface area contributed by atoms with Crippen molar-refractivity contribution in [2.75, 3.05) is 11.9 Å². The summed E-state index contributed by atoms with van der Waals surface area (Å²) < 4.78 is 93.3. The summed E-state index contributed by atoms with van der Waals surface area (Å²) in [6.45, 7) is 0. The molecule has 0 atom stereocenters. The maximum absolute atomic E-state index is 13.8. The molecule has 1 aromatic heterocycles. The van der Waals surface area contributed by atoms with Crippen LogP contribution in [0.5, 0.6) is 0 Å². The standard InChI is InChI=1S/C18H10F7N3O/c1-28(17(29)13-15(18(23,24)25)26-27-16(13)22)12-5-3-2-4-9(12)8-6-10(19)14(21)11(20)7-8/h2-7H,1H3,(H,26,27). The van der Waals surface area contributed by atoms with E-state index in [1.54, 1.807) is 0 Å². The zero-order chi connectivity index (χ0) is 21.5. The molecule has 0 unspecified atom stereocenters. The average Bonchev–Trinajstić information content (AvgIpc) is 3.06. The minimum absolute atomic E-state index is 0.00129. The van der Waals surface area contributed by atoms with Gasteiger partial charge in [0, 0.05) is 12.6 Å². The van der Waals surface area contributed by atoms with E-state index in [2.05, 4.69) is 5.10 Å². The van der Waals surface area contributed by atoms with Crippen LogP contribution in [0.1, 0.15) is 16.1 Å². The molecule has 0 radical (unpaired) electrons. The molecule has 1 heterocycles. The number of aromatic nitrogens is 2. The Bertz CT molecular complexity index is 1070. The Labute approximate surface area is 158 Å². The molecule has 3 aromatic rings. The van der Waals surface area contributed by atoms with Crippen molar-refractivity contribution in [2.24, 2.45) is 0 Å². The lowest BCUT2D eigenvalue weighted by atomic mass is 10.0. The summed E-state index contributed by atoms with van der Waals surface area (Å²) in [6, 6.07) is 6.72. The maximum atomic E-state index is 13.8. The molecule has 152 valence electrons. The summed E-state index contributed by atoms with van der Waals surface area (Å²) in [5.74, 6) is -7.76. The van der Waals surface area contributed by atoms with E-state index in [-0.39, 0.29) is 16.8 Å². The van der Waals surface area contributed by atoms with Gasteiger partial charge in [0.25, 0.3) is 5.91 Å². The Kier molecular flexibility index (Phi) is 5.07. The lowest BCUT2D eigenvalue weighted by Gasteiger charge is -2.21. The second kappa shape index (κ2) is 7.22. The van der Waals surface area contributed by atoms with Crippen molar-refractivity contribution in [3.8, 4) is 11.1 Å². The Morgan fingerprint density at radius 2 is 1.62 bits per heavy atom. The molecule has 0 aliphatic carbocycles. The molecule has 0 fully saturated rings. The summed E-state index contributed by atoms with van der Waals surface area (Å²) in [7, 11) is 1.05. The number of carbonyl (C=O) groups excluding carboxylic acids is 1. The number of nitrogens with zero attached hydrogens (tertiary/aromatic N) is 2. The Hall–Kier alpha value is -3.37. The van der Waals surface area contributed by atoms with Gasteiger partial charge in [0.2, 0.25) is 5.95 Å². The second-order valence-corrected chi connectivity index (χ2v) is 5.90. The lowest BCUT2D eigenvalue weighted by Crippen LogP contribution is -2.29. The number of hydrogen-bond acceptors (Lipinski definition) is 2. The van der Waals surface area contributed by atoms with Crippen LogP contribution in [0.3, 0.4) is 0 Å². The monoisotopic (exact) mass is 417 g/mol. The third-order valence-electron chi connectivity index (χ3n) is 4.08. The molecule has 0 bridgehead atoms. The van der Waals surface area contributed by atoms with Crippen molar-refractivity contribution in [3.63, 3.8) is 0 Å². The molecule has 0 aliphatic rings. The van der Waals surface area contributed by atoms with Gasteiger partial charge in [-0.25, -0.2) is 13.2 Å². The highest BCUT2D eigenvalue weighted by Crippen LogP contribution is 2.35. The van der Waals surface area contributed by atoms with E-state index in [1.807, 2.05) is 0 Å². The van der Waals surface area contributed by atoms with E-state index in [9.17, 15) is 35.5 Å². The number of carbonyl (C=O) groups is 1. The largest absolute Gasteiger partial charge is 0.433 e. The number of nitrogens with one attached hydrogen (secondary N) is 1. The molecular weight excluding hydrogens is 407 g/mol. The van der Waals surface area contributed by atoms with Crippen LogP contribution < -0.4 is 4.90 Å². The molecule has 2 aromatic carbocycles. The minimum Gasteiger partial charge on any atom is -0.311 e. The topological polar surface area (TPSA) is 49.0 Å². The fourth-order valence-corrected chi connectivity index (χ4v) is 2.72. The van der Waals surface area contributed by atoms with Crippen molar-refractivity contribution < 1.29 is 35.5 Å². The third kappa shape index (κ3) is 3.67. The van der Waals surface area contributed by atoms with E-state index in [4.69, 9.17) is 0 Å². The van der Waals surface area contributed by atoms with E-state index < -0.39 is 46.7 Å². The quantitative estimate of drug-likeness (QED) is 0.486. The molecule has 0 saturated heterocycles. The molecule has 3 rings (SSSR count). The van der Waals surface area contributed by atoms with Crippen molar-refractivity contribution in [1.82, 2.24) is 10.2 Å². The van der Waals surface area contributed by atoms with Gasteiger partial charge in [0.15, 0.2) is 23.1 Å². The number of amides is 1. The van der Waals surface area contributed by atoms with Gasteiger partial charge >= 0.3 is 6.18 Å². The number of benzene rings is 2. The van der Waals surface area contributed by atoms with Crippen molar-refractivity contribution in [3.05, 3.63) is 71.1 Å². The van der Waals surface area contributed by atoms with Crippen molar-refractivity contribution in [2.45, 2.75) is 6.18 Å². The molecule has 29 heavy (non-hydrogen) atoms. The van der Waals surface area contributed by atoms with E-state index in [0.29, 0.717) is 17.0 Å². The summed E-state index contributed by atoms with van der Waals surface area (Å²) in [5, 5.41) is 4.22. The van der Waals surface area contributed by atoms with E-state index in [0.717, 1.165) is 7.05 Å². The van der Waals surface area contributed by atoms with Gasteiger partial charge in [-0.15, -0.1) is 5.10 Å². The number of halogens is 7. The van der Waals surface area contributed by atoms with Gasteiger partial charge in [-0.05, 0) is 23.8 Å². The van der Waals surface area contributed by atoms with E-state index >= 15 is 0 Å². The van der Waals surface area contributed by atoms with Crippen LogP contribution in [0.2, 0.25) is 0 Å². The van der Waals surface area contributed by atoms with Gasteiger partial charge in [0.1, 0.15) is 5.56 Å². The smallest absolute Gasteiger partial charge is 0.311 e. The molecule has 0 saturated carbocycles. The lowest BCUT2D eigenvalue weighted by molar-refractivity contribution is -0.141. The number of rotatable bonds is 3. The summed E-state index contributed by atoms with van der Waals surface area (Å²) in [4.78, 5) is 13.2. The number of H-pyrrole nitrogens is 1. The predicted molar refractivity (Wildman–Crippen MR) is 88.0 cm³/mol. The molecule has 0 spiro atoms. The minimum atomic E-state index is -5.08. The Morgan fingerprint density at radius 3 is 2.21 bits per heavy atom. The van der Waals surface area contributed by atoms with Gasteiger partial charge in [-0.3, -0.25) is 9.89 Å². The van der Waals surface area contributed by atoms with Gasteiger partial charge in [0.05, 0.1) is 5.69 Å². The molecule has 1 N–H and O–H groups in total. The first kappa shape index (κ1) is 20.4. The fraction of sp³-hybridized carbons (Fsp3) is 0.111. The second-order valence-electron chi connectivity index (χ2n) is 5.90. The van der Waals surface area contributed by atoms with Crippen LogP contribution in [0.4, 0.5) is 36.4 Å². The maximum Gasteiger partial charge on any atom is 0.433 e. The zero-order valence-electron chi connectivity index (χ0n) is 14.4. The predicted octanol–water partition coefficient (Wildman–Crippen LogP) is 4.93. The highest BCUT2D eigenvalue weighted by atomic mass is 19.4. The van der Waals surface area contributed by atoms with Crippen molar-refractivity contribution >= 4 is 11.6 Å². The molecule has 11 heteroatoms. The summed E-state index contributed by atoms with van der Waals surface area (Å²) >= 11 is 0. The molecule has 4 nitrogen and oxygen atoms in total. The van der Waals surface area contributed by atoms with Gasteiger partial charge in [-0.2, -0.15) is 17.6 Å². The fourth-order valence-electron chi connectivity index (χ4n) is 2.72. The summed E-state index contributed by atoms with van der Waals surface area (Å²) in [6.07, 6.45) is -5.08. The number of alkyl halides is 3. The first-order valence-electron chi connectivity index (χ1n) is 7.85. The summed E-state index contributed by atoms with van der Waals surface area (Å²) in [5.41, 5.74) is -3.30. The highest BCUT2D eigenvalue weighted by Gasteiger charge is 2.41. The number of para-hydroxylation sites is 1. The molecular formula is C18H10F7N3O. The van der Waals surface area contributed by atoms with Crippen LogP contribution in [-0.4, -0.2) is 23.2 Å². The molecule has 0 aliphatic heterocycles. The number of hydrogen-bond donors (Lipinski definition) is 1. The van der Waals surface area contributed by atoms with Crippen LogP contribution >= 0.6 is 0 Å². The zero-order valence-corrected chi connectivity index (χ0v) is 14.4. The third-order valence-corrected chi connectivity index (χ3v) is 4.08. The van der Waals surface area contributed by atoms with Crippen LogP contribution in [-0.2, 0) is 6.18 Å². The van der Waals surface area contributed by atoms with Crippen LogP contribution in [0.15, 0.2) is 36.4 Å². The van der Waals surface area contributed by atoms with Crippen LogP contribution in [0, 0.1) is 23.4 Å². The SMILES string of the molecule is CN(C(=O)c1c(F)n[nH]c1C(F)(F)F)c1ccccc1-c1cc(F)c(F)c(F)c1. The average molecular weight is 417 g/mol. The van der Waals surface area contributed by atoms with E-state index in [1.165, 1.54) is 29.4 Å². The van der Waals surface area contributed by atoms with Crippen molar-refractivity contribution in [1.29, 1.82) is 0 Å². The molecule has 1 amide bonds. The first-order chi connectivity index (χ1) is 13.5. The number of aromatic amines is 1. The number of anilines is 1. The van der Waals surface area contributed by atoms with Crippen LogP contribution in [0.25, 0.3) is 11.1 Å². The Balaban J connectivity index is 2.10. The van der Waals surface area contributed by atoms with Gasteiger partial charge < -0.3 is 4.90 Å². The highest BCUT2D eigenvalue weighted by molar-refractivity contribution is 6.08. The van der Waals surface area contributed by atoms with Gasteiger partial charge in [-0.1, -0.05) is 18.2 Å². The Morgan fingerprint density at radius 1 is 1.03 bits per heavy atom. The first-order valence-corrected chi connectivity index (χ1v) is 7.85.